The molecule has 1 aromatic rings. The molecule has 30 heavy (non-hydrogen) atoms. The summed E-state index contributed by atoms with van der Waals surface area (Å²) in [6.45, 7) is 4.74. The van der Waals surface area contributed by atoms with Crippen LogP contribution in [0.2, 0.25) is 0 Å². The Morgan fingerprint density at radius 3 is 2.70 bits per heavy atom. The van der Waals surface area contributed by atoms with E-state index in [1.807, 2.05) is 13.1 Å². The molecular weight excluding hydrogens is 382 g/mol. The zero-order valence-electron chi connectivity index (χ0n) is 18.7. The lowest BCUT2D eigenvalue weighted by atomic mass is 10.1. The molecular formula is C23H37N3O4. The average Bonchev–Trinajstić information content (AvgIpc) is 3.44. The predicted octanol–water partition coefficient (Wildman–Crippen LogP) is 3.08. The number of rotatable bonds is 10. The molecule has 0 aromatic heterocycles. The first kappa shape index (κ1) is 22.7. The largest absolute Gasteiger partial charge is 0.493 e. The minimum atomic E-state index is 0.308. The highest BCUT2D eigenvalue weighted by atomic mass is 16.5. The molecule has 0 spiro atoms. The monoisotopic (exact) mass is 419 g/mol. The second-order valence-corrected chi connectivity index (χ2v) is 8.08. The number of guanidine groups is 1. The van der Waals surface area contributed by atoms with Crippen molar-refractivity contribution in [3.63, 3.8) is 0 Å². The molecule has 1 saturated heterocycles. The van der Waals surface area contributed by atoms with Crippen LogP contribution in [-0.4, -0.2) is 71.1 Å². The van der Waals surface area contributed by atoms with Gasteiger partial charge in [-0.2, -0.15) is 0 Å². The molecule has 2 fully saturated rings. The Morgan fingerprint density at radius 1 is 1.13 bits per heavy atom. The maximum absolute atomic E-state index is 6.22. The Labute approximate surface area is 180 Å². The Morgan fingerprint density at radius 2 is 1.97 bits per heavy atom. The van der Waals surface area contributed by atoms with Gasteiger partial charge in [-0.25, -0.2) is 0 Å². The van der Waals surface area contributed by atoms with Crippen molar-refractivity contribution < 1.29 is 18.9 Å². The van der Waals surface area contributed by atoms with Gasteiger partial charge >= 0.3 is 0 Å². The van der Waals surface area contributed by atoms with Gasteiger partial charge in [-0.05, 0) is 49.8 Å². The van der Waals surface area contributed by atoms with Crippen LogP contribution in [0.4, 0.5) is 0 Å². The zero-order chi connectivity index (χ0) is 21.2. The van der Waals surface area contributed by atoms with Crippen LogP contribution in [0.5, 0.6) is 11.5 Å². The SMILES string of the molecule is CN=C(NCc1ccc(OC)c(OC2CCCC2)c1)N1CCC(COCCOC)C1. The molecule has 3 rings (SSSR count). The van der Waals surface area contributed by atoms with Crippen LogP contribution in [0, 0.1) is 5.92 Å². The van der Waals surface area contributed by atoms with Gasteiger partial charge in [0.25, 0.3) is 0 Å². The van der Waals surface area contributed by atoms with E-state index in [4.69, 9.17) is 18.9 Å². The number of hydrogen-bond acceptors (Lipinski definition) is 5. The van der Waals surface area contributed by atoms with Gasteiger partial charge < -0.3 is 29.2 Å². The Hall–Kier alpha value is -1.99. The van der Waals surface area contributed by atoms with Gasteiger partial charge in [0, 0.05) is 39.7 Å². The number of ether oxygens (including phenoxy) is 4. The van der Waals surface area contributed by atoms with Crippen molar-refractivity contribution in [2.24, 2.45) is 10.9 Å². The molecule has 1 saturated carbocycles. The van der Waals surface area contributed by atoms with Crippen molar-refractivity contribution in [1.82, 2.24) is 10.2 Å². The molecule has 1 heterocycles. The summed E-state index contributed by atoms with van der Waals surface area (Å²) in [5, 5.41) is 3.50. The van der Waals surface area contributed by atoms with E-state index in [-0.39, 0.29) is 0 Å². The molecule has 168 valence electrons. The first-order valence-corrected chi connectivity index (χ1v) is 11.1. The van der Waals surface area contributed by atoms with Crippen molar-refractivity contribution >= 4 is 5.96 Å². The number of benzene rings is 1. The number of hydrogen-bond donors (Lipinski definition) is 1. The molecule has 1 unspecified atom stereocenters. The molecule has 1 N–H and O–H groups in total. The van der Waals surface area contributed by atoms with Crippen molar-refractivity contribution in [3.05, 3.63) is 23.8 Å². The number of nitrogens with zero attached hydrogens (tertiary/aromatic N) is 2. The fourth-order valence-corrected chi connectivity index (χ4v) is 4.18. The number of nitrogens with one attached hydrogen (secondary N) is 1. The van der Waals surface area contributed by atoms with Crippen molar-refractivity contribution in [3.8, 4) is 11.5 Å². The maximum Gasteiger partial charge on any atom is 0.193 e. The van der Waals surface area contributed by atoms with E-state index in [1.54, 1.807) is 14.2 Å². The average molecular weight is 420 g/mol. The lowest BCUT2D eigenvalue weighted by Crippen LogP contribution is -2.39. The lowest BCUT2D eigenvalue weighted by molar-refractivity contribution is 0.0536. The van der Waals surface area contributed by atoms with E-state index < -0.39 is 0 Å². The van der Waals surface area contributed by atoms with Gasteiger partial charge in [0.15, 0.2) is 17.5 Å². The second-order valence-electron chi connectivity index (χ2n) is 8.08. The quantitative estimate of drug-likeness (QED) is 0.357. The van der Waals surface area contributed by atoms with E-state index in [0.717, 1.165) is 62.0 Å². The van der Waals surface area contributed by atoms with Gasteiger partial charge in [-0.1, -0.05) is 6.07 Å². The summed E-state index contributed by atoms with van der Waals surface area (Å²) in [5.41, 5.74) is 1.16. The fraction of sp³-hybridized carbons (Fsp3) is 0.696. The number of likely N-dealkylation sites (tertiary alicyclic amines) is 1. The van der Waals surface area contributed by atoms with E-state index in [0.29, 0.717) is 31.8 Å². The third-order valence-corrected chi connectivity index (χ3v) is 5.86. The summed E-state index contributed by atoms with van der Waals surface area (Å²) in [4.78, 5) is 6.79. The van der Waals surface area contributed by atoms with Crippen molar-refractivity contribution in [2.45, 2.75) is 44.8 Å². The fourth-order valence-electron chi connectivity index (χ4n) is 4.18. The van der Waals surface area contributed by atoms with E-state index in [2.05, 4.69) is 27.3 Å². The summed E-state index contributed by atoms with van der Waals surface area (Å²) in [6, 6.07) is 6.16. The van der Waals surface area contributed by atoms with Crippen LogP contribution in [-0.2, 0) is 16.0 Å². The minimum Gasteiger partial charge on any atom is -0.493 e. The molecule has 7 heteroatoms. The van der Waals surface area contributed by atoms with Crippen LogP contribution in [0.3, 0.4) is 0 Å². The second kappa shape index (κ2) is 12.0. The molecule has 0 amide bonds. The Bertz CT molecular complexity index is 676. The highest BCUT2D eigenvalue weighted by Crippen LogP contribution is 2.32. The third-order valence-electron chi connectivity index (χ3n) is 5.86. The Kier molecular flexibility index (Phi) is 9.08. The third kappa shape index (κ3) is 6.51. The van der Waals surface area contributed by atoms with Gasteiger partial charge in [0.2, 0.25) is 0 Å². The van der Waals surface area contributed by atoms with E-state index in [9.17, 15) is 0 Å². The molecule has 0 radical (unpaired) electrons. The first-order valence-electron chi connectivity index (χ1n) is 11.1. The topological polar surface area (TPSA) is 64.6 Å². The normalized spacial score (nSPS) is 20.0. The Balaban J connectivity index is 1.51. The molecule has 0 bridgehead atoms. The molecule has 1 aliphatic heterocycles. The van der Waals surface area contributed by atoms with Crippen molar-refractivity contribution in [2.75, 3.05) is 54.2 Å². The number of methoxy groups -OCH3 is 2. The molecule has 1 aliphatic carbocycles. The molecule has 2 aliphatic rings. The molecule has 7 nitrogen and oxygen atoms in total. The summed E-state index contributed by atoms with van der Waals surface area (Å²) in [5.74, 6) is 3.11. The highest BCUT2D eigenvalue weighted by Gasteiger charge is 2.25. The highest BCUT2D eigenvalue weighted by molar-refractivity contribution is 5.80. The summed E-state index contributed by atoms with van der Waals surface area (Å²) in [7, 11) is 5.23. The van der Waals surface area contributed by atoms with Gasteiger partial charge in [0.05, 0.1) is 33.0 Å². The van der Waals surface area contributed by atoms with E-state index >= 15 is 0 Å². The lowest BCUT2D eigenvalue weighted by Gasteiger charge is -2.22. The van der Waals surface area contributed by atoms with Gasteiger partial charge in [-0.15, -0.1) is 0 Å². The van der Waals surface area contributed by atoms with Crippen LogP contribution in [0.1, 0.15) is 37.7 Å². The standard InChI is InChI=1S/C23H37N3O4/c1-24-23(26-11-10-19(16-26)17-29-13-12-27-2)25-15-18-8-9-21(28-3)22(14-18)30-20-6-4-5-7-20/h8-9,14,19-20H,4-7,10-13,15-17H2,1-3H3,(H,24,25). The van der Waals surface area contributed by atoms with Crippen molar-refractivity contribution in [1.29, 1.82) is 0 Å². The van der Waals surface area contributed by atoms with Gasteiger partial charge in [-0.3, -0.25) is 4.99 Å². The molecule has 1 atom stereocenters. The van der Waals surface area contributed by atoms with Crippen LogP contribution >= 0.6 is 0 Å². The smallest absolute Gasteiger partial charge is 0.193 e. The van der Waals surface area contributed by atoms with Crippen LogP contribution < -0.4 is 14.8 Å². The van der Waals surface area contributed by atoms with E-state index in [1.165, 1.54) is 12.8 Å². The van der Waals surface area contributed by atoms with Crippen LogP contribution in [0.15, 0.2) is 23.2 Å². The zero-order valence-corrected chi connectivity index (χ0v) is 18.7. The summed E-state index contributed by atoms with van der Waals surface area (Å²) in [6.07, 6.45) is 6.18. The van der Waals surface area contributed by atoms with Gasteiger partial charge in [0.1, 0.15) is 0 Å². The first-order chi connectivity index (χ1) is 14.7. The molecule has 1 aromatic carbocycles. The maximum atomic E-state index is 6.22. The predicted molar refractivity (Wildman–Crippen MR) is 118 cm³/mol. The minimum absolute atomic E-state index is 0.308. The van der Waals surface area contributed by atoms with Crippen LogP contribution in [0.25, 0.3) is 0 Å². The number of aliphatic imine (C=N–C) groups is 1. The summed E-state index contributed by atoms with van der Waals surface area (Å²) < 4.78 is 22.5. The summed E-state index contributed by atoms with van der Waals surface area (Å²) >= 11 is 0.